The van der Waals surface area contributed by atoms with E-state index >= 15 is 0 Å². The van der Waals surface area contributed by atoms with Crippen LogP contribution in [0, 0.1) is 11.3 Å². The van der Waals surface area contributed by atoms with Crippen LogP contribution in [-0.2, 0) is 4.79 Å². The molecule has 3 rings (SSSR count). The van der Waals surface area contributed by atoms with Gasteiger partial charge in [0.15, 0.2) is 5.96 Å². The van der Waals surface area contributed by atoms with Crippen molar-refractivity contribution in [2.24, 2.45) is 16.3 Å². The van der Waals surface area contributed by atoms with Crippen molar-refractivity contribution in [3.63, 3.8) is 0 Å². The second kappa shape index (κ2) is 8.91. The Kier molecular flexibility index (Phi) is 6.60. The van der Waals surface area contributed by atoms with Crippen LogP contribution in [0.15, 0.2) is 4.99 Å². The van der Waals surface area contributed by atoms with Crippen LogP contribution in [0.25, 0.3) is 0 Å². The zero-order valence-electron chi connectivity index (χ0n) is 16.0. The van der Waals surface area contributed by atoms with Crippen molar-refractivity contribution >= 4 is 11.9 Å². The molecule has 3 fully saturated rings. The smallest absolute Gasteiger partial charge is 0.223 e. The highest BCUT2D eigenvalue weighted by Gasteiger charge is 2.36. The van der Waals surface area contributed by atoms with Crippen molar-refractivity contribution in [3.05, 3.63) is 0 Å². The normalized spacial score (nSPS) is 24.0. The number of amides is 1. The lowest BCUT2D eigenvalue weighted by molar-refractivity contribution is -0.122. The molecule has 0 unspecified atom stereocenters. The molecular formula is C20H36N4O. The molecule has 2 N–H and O–H groups in total. The van der Waals surface area contributed by atoms with Gasteiger partial charge in [-0.15, -0.1) is 0 Å². The maximum Gasteiger partial charge on any atom is 0.223 e. The fraction of sp³-hybridized carbons (Fsp3) is 0.900. The first-order chi connectivity index (χ1) is 12.2. The van der Waals surface area contributed by atoms with Gasteiger partial charge in [0.1, 0.15) is 0 Å². The molecular weight excluding hydrogens is 312 g/mol. The highest BCUT2D eigenvalue weighted by molar-refractivity contribution is 5.81. The summed E-state index contributed by atoms with van der Waals surface area (Å²) in [5.41, 5.74) is 0.519. The molecule has 1 aliphatic heterocycles. The van der Waals surface area contributed by atoms with Crippen LogP contribution in [0.5, 0.6) is 0 Å². The molecule has 1 spiro atoms. The van der Waals surface area contributed by atoms with E-state index in [9.17, 15) is 4.79 Å². The number of hydrogen-bond donors (Lipinski definition) is 2. The van der Waals surface area contributed by atoms with E-state index < -0.39 is 0 Å². The van der Waals surface area contributed by atoms with E-state index in [4.69, 9.17) is 4.99 Å². The number of likely N-dealkylation sites (tertiary alicyclic amines) is 1. The number of piperidine rings is 1. The second-order valence-electron chi connectivity index (χ2n) is 8.24. The lowest BCUT2D eigenvalue weighted by Crippen LogP contribution is -2.50. The second-order valence-corrected chi connectivity index (χ2v) is 8.24. The first-order valence-corrected chi connectivity index (χ1v) is 10.5. The van der Waals surface area contributed by atoms with Crippen LogP contribution in [-0.4, -0.2) is 49.5 Å². The standard InChI is InChI=1S/C20H36N4O/c1-2-21-19(23-14-13-22-18(25)17-8-9-17)24-15-7-12-20(16-24)10-5-3-4-6-11-20/h17H,2-16H2,1H3,(H,21,23)(H,22,25). The highest BCUT2D eigenvalue weighted by Crippen LogP contribution is 2.42. The molecule has 1 amide bonds. The molecule has 0 bridgehead atoms. The SMILES string of the molecule is CCNC(=NCCNC(=O)C1CC1)N1CCCC2(CCCCCC2)C1. The van der Waals surface area contributed by atoms with E-state index in [-0.39, 0.29) is 11.8 Å². The van der Waals surface area contributed by atoms with Crippen molar-refractivity contribution in [3.8, 4) is 0 Å². The summed E-state index contributed by atoms with van der Waals surface area (Å²) in [6.45, 7) is 6.63. The average Bonchev–Trinajstić information content (AvgIpc) is 3.46. The summed E-state index contributed by atoms with van der Waals surface area (Å²) in [6.07, 6.45) is 13.2. The van der Waals surface area contributed by atoms with Crippen molar-refractivity contribution in [2.45, 2.75) is 71.1 Å². The van der Waals surface area contributed by atoms with Crippen LogP contribution in [0.3, 0.4) is 0 Å². The predicted octanol–water partition coefficient (Wildman–Crippen LogP) is 2.91. The minimum Gasteiger partial charge on any atom is -0.357 e. The van der Waals surface area contributed by atoms with Gasteiger partial charge in [-0.05, 0) is 50.9 Å². The van der Waals surface area contributed by atoms with Gasteiger partial charge in [0.25, 0.3) is 0 Å². The Labute approximate surface area is 153 Å². The van der Waals surface area contributed by atoms with E-state index in [1.165, 1.54) is 51.4 Å². The Balaban J connectivity index is 1.54. The third-order valence-corrected chi connectivity index (χ3v) is 6.08. The number of carbonyl (C=O) groups is 1. The van der Waals surface area contributed by atoms with Crippen molar-refractivity contribution in [1.29, 1.82) is 0 Å². The molecule has 2 saturated carbocycles. The summed E-state index contributed by atoms with van der Waals surface area (Å²) in [7, 11) is 0. The molecule has 5 nitrogen and oxygen atoms in total. The van der Waals surface area contributed by atoms with E-state index in [2.05, 4.69) is 22.5 Å². The van der Waals surface area contributed by atoms with Crippen LogP contribution in [0.1, 0.15) is 71.1 Å². The zero-order chi connectivity index (χ0) is 17.5. The third-order valence-electron chi connectivity index (χ3n) is 6.08. The number of hydrogen-bond acceptors (Lipinski definition) is 2. The Morgan fingerprint density at radius 3 is 2.48 bits per heavy atom. The van der Waals surface area contributed by atoms with Crippen LogP contribution in [0.4, 0.5) is 0 Å². The number of nitrogens with zero attached hydrogens (tertiary/aromatic N) is 2. The minimum absolute atomic E-state index is 0.218. The number of aliphatic imine (C=N–C) groups is 1. The number of rotatable bonds is 5. The third kappa shape index (κ3) is 5.35. The van der Waals surface area contributed by atoms with Gasteiger partial charge in [-0.2, -0.15) is 0 Å². The average molecular weight is 349 g/mol. The molecule has 0 aromatic carbocycles. The maximum absolute atomic E-state index is 11.7. The minimum atomic E-state index is 0.218. The van der Waals surface area contributed by atoms with Crippen molar-refractivity contribution in [2.75, 3.05) is 32.7 Å². The number of carbonyl (C=O) groups excluding carboxylic acids is 1. The molecule has 142 valence electrons. The summed E-state index contributed by atoms with van der Waals surface area (Å²) in [5, 5.41) is 6.49. The van der Waals surface area contributed by atoms with E-state index in [1.54, 1.807) is 0 Å². The predicted molar refractivity (Wildman–Crippen MR) is 103 cm³/mol. The lowest BCUT2D eigenvalue weighted by atomic mass is 9.74. The van der Waals surface area contributed by atoms with Gasteiger partial charge >= 0.3 is 0 Å². The molecule has 0 aromatic heterocycles. The number of nitrogens with one attached hydrogen (secondary N) is 2. The molecule has 1 saturated heterocycles. The molecule has 0 atom stereocenters. The summed E-state index contributed by atoms with van der Waals surface area (Å²) in [4.78, 5) is 19.0. The lowest BCUT2D eigenvalue weighted by Gasteiger charge is -2.44. The topological polar surface area (TPSA) is 56.7 Å². The number of guanidine groups is 1. The van der Waals surface area contributed by atoms with E-state index in [0.29, 0.717) is 18.5 Å². The summed E-state index contributed by atoms with van der Waals surface area (Å²) < 4.78 is 0. The van der Waals surface area contributed by atoms with Crippen LogP contribution >= 0.6 is 0 Å². The summed E-state index contributed by atoms with van der Waals surface area (Å²) in [5.74, 6) is 1.55. The Morgan fingerprint density at radius 2 is 1.80 bits per heavy atom. The van der Waals surface area contributed by atoms with Gasteiger partial charge in [0.2, 0.25) is 5.91 Å². The Hall–Kier alpha value is -1.26. The molecule has 3 aliphatic rings. The fourth-order valence-electron chi connectivity index (χ4n) is 4.53. The van der Waals surface area contributed by atoms with Gasteiger partial charge in [-0.25, -0.2) is 0 Å². The summed E-state index contributed by atoms with van der Waals surface area (Å²) in [6, 6.07) is 0. The Bertz CT molecular complexity index is 464. The molecule has 5 heteroatoms. The molecule has 0 radical (unpaired) electrons. The highest BCUT2D eigenvalue weighted by atomic mass is 16.2. The molecule has 1 heterocycles. The van der Waals surface area contributed by atoms with E-state index in [1.807, 2.05) is 0 Å². The Morgan fingerprint density at radius 1 is 1.08 bits per heavy atom. The molecule has 25 heavy (non-hydrogen) atoms. The zero-order valence-corrected chi connectivity index (χ0v) is 16.0. The van der Waals surface area contributed by atoms with Crippen LogP contribution in [0.2, 0.25) is 0 Å². The largest absolute Gasteiger partial charge is 0.357 e. The van der Waals surface area contributed by atoms with Crippen molar-refractivity contribution in [1.82, 2.24) is 15.5 Å². The fourth-order valence-corrected chi connectivity index (χ4v) is 4.53. The van der Waals surface area contributed by atoms with Gasteiger partial charge in [0.05, 0.1) is 6.54 Å². The van der Waals surface area contributed by atoms with Gasteiger partial charge in [-0.3, -0.25) is 9.79 Å². The molecule has 2 aliphatic carbocycles. The maximum atomic E-state index is 11.7. The van der Waals surface area contributed by atoms with Crippen LogP contribution < -0.4 is 10.6 Å². The summed E-state index contributed by atoms with van der Waals surface area (Å²) >= 11 is 0. The monoisotopic (exact) mass is 348 g/mol. The quantitative estimate of drug-likeness (QED) is 0.456. The molecule has 0 aromatic rings. The van der Waals surface area contributed by atoms with Crippen molar-refractivity contribution < 1.29 is 4.79 Å². The first kappa shape index (κ1) is 18.5. The van der Waals surface area contributed by atoms with Gasteiger partial charge in [-0.1, -0.05) is 25.7 Å². The van der Waals surface area contributed by atoms with Gasteiger partial charge < -0.3 is 15.5 Å². The first-order valence-electron chi connectivity index (χ1n) is 10.5. The van der Waals surface area contributed by atoms with E-state index in [0.717, 1.165) is 38.4 Å². The van der Waals surface area contributed by atoms with Gasteiger partial charge in [0, 0.05) is 32.1 Å².